The third-order valence-electron chi connectivity index (χ3n) is 2.81. The molecule has 0 aliphatic heterocycles. The molecular weight excluding hydrogens is 166 g/mol. The van der Waals surface area contributed by atoms with E-state index in [9.17, 15) is 0 Å². The minimum absolute atomic E-state index is 0.0402. The van der Waals surface area contributed by atoms with E-state index in [0.717, 1.165) is 5.69 Å². The summed E-state index contributed by atoms with van der Waals surface area (Å²) < 4.78 is 2.04. The topological polar surface area (TPSA) is 50.9 Å². The molecule has 2 aliphatic carbocycles. The summed E-state index contributed by atoms with van der Waals surface area (Å²) in [4.78, 5) is 0. The van der Waals surface area contributed by atoms with Crippen LogP contribution in [-0.4, -0.2) is 20.1 Å². The zero-order valence-corrected chi connectivity index (χ0v) is 7.48. The molecule has 0 aromatic carbocycles. The van der Waals surface area contributed by atoms with Gasteiger partial charge in [-0.3, -0.25) is 0 Å². The maximum Gasteiger partial charge on any atom is 0.112 e. The van der Waals surface area contributed by atoms with Gasteiger partial charge in [-0.25, -0.2) is 4.68 Å². The van der Waals surface area contributed by atoms with Gasteiger partial charge in [0.1, 0.15) is 5.69 Å². The summed E-state index contributed by atoms with van der Waals surface area (Å²) in [5, 5.41) is 17.2. The Morgan fingerprint density at radius 3 is 2.62 bits per heavy atom. The van der Waals surface area contributed by atoms with Gasteiger partial charge in [-0.05, 0) is 25.7 Å². The molecule has 1 aromatic rings. The lowest BCUT2D eigenvalue weighted by molar-refractivity contribution is 0.275. The second-order valence-corrected chi connectivity index (χ2v) is 4.03. The normalized spacial score (nSPS) is 22.2. The lowest BCUT2D eigenvalue weighted by Crippen LogP contribution is -2.02. The average Bonchev–Trinajstić information content (AvgIpc) is 3.03. The van der Waals surface area contributed by atoms with Gasteiger partial charge in [0.25, 0.3) is 0 Å². The zero-order chi connectivity index (χ0) is 8.84. The fraction of sp³-hybridized carbons (Fsp3) is 0.778. The molecular formula is C9H13N3O. The Bertz CT molecular complexity index is 326. The van der Waals surface area contributed by atoms with Crippen LogP contribution in [0.25, 0.3) is 0 Å². The molecule has 4 heteroatoms. The summed E-state index contributed by atoms with van der Waals surface area (Å²) in [5.74, 6) is 0.637. The molecule has 3 rings (SSSR count). The first-order valence-corrected chi connectivity index (χ1v) is 4.95. The molecule has 0 bridgehead atoms. The van der Waals surface area contributed by atoms with Crippen LogP contribution in [-0.2, 0) is 6.61 Å². The first kappa shape index (κ1) is 7.50. The number of aromatic nitrogens is 3. The molecule has 1 heterocycles. The van der Waals surface area contributed by atoms with Crippen molar-refractivity contribution in [1.82, 2.24) is 15.0 Å². The van der Waals surface area contributed by atoms with Crippen LogP contribution >= 0.6 is 0 Å². The van der Waals surface area contributed by atoms with E-state index in [4.69, 9.17) is 5.11 Å². The van der Waals surface area contributed by atoms with Crippen molar-refractivity contribution in [1.29, 1.82) is 0 Å². The van der Waals surface area contributed by atoms with E-state index >= 15 is 0 Å². The number of rotatable bonds is 3. The number of aliphatic hydroxyl groups excluding tert-OH is 1. The van der Waals surface area contributed by atoms with Gasteiger partial charge >= 0.3 is 0 Å². The van der Waals surface area contributed by atoms with Gasteiger partial charge in [-0.1, -0.05) is 5.21 Å². The van der Waals surface area contributed by atoms with Gasteiger partial charge in [-0.2, -0.15) is 0 Å². The van der Waals surface area contributed by atoms with Crippen molar-refractivity contribution in [3.8, 4) is 0 Å². The van der Waals surface area contributed by atoms with E-state index < -0.39 is 0 Å². The average molecular weight is 179 g/mol. The van der Waals surface area contributed by atoms with Crippen molar-refractivity contribution in [3.63, 3.8) is 0 Å². The van der Waals surface area contributed by atoms with Crippen LogP contribution in [0.4, 0.5) is 0 Å². The molecule has 70 valence electrons. The molecule has 0 saturated heterocycles. The Morgan fingerprint density at radius 1 is 1.31 bits per heavy atom. The van der Waals surface area contributed by atoms with Crippen molar-refractivity contribution >= 4 is 0 Å². The van der Waals surface area contributed by atoms with E-state index in [1.165, 1.54) is 31.4 Å². The van der Waals surface area contributed by atoms with Crippen molar-refractivity contribution in [2.75, 3.05) is 0 Å². The highest BCUT2D eigenvalue weighted by Crippen LogP contribution is 2.45. The van der Waals surface area contributed by atoms with E-state index in [-0.39, 0.29) is 6.61 Å². The molecule has 2 fully saturated rings. The SMILES string of the molecule is OCc1nnn(C2CC2)c1C1CC1. The van der Waals surface area contributed by atoms with Crippen LogP contribution in [0.1, 0.15) is 49.0 Å². The minimum atomic E-state index is 0.0402. The van der Waals surface area contributed by atoms with Gasteiger partial charge in [0, 0.05) is 5.92 Å². The first-order chi connectivity index (χ1) is 6.40. The second kappa shape index (κ2) is 2.54. The van der Waals surface area contributed by atoms with Crippen molar-refractivity contribution in [2.45, 2.75) is 44.2 Å². The van der Waals surface area contributed by atoms with Crippen molar-refractivity contribution in [3.05, 3.63) is 11.4 Å². The Morgan fingerprint density at radius 2 is 2.08 bits per heavy atom. The summed E-state index contributed by atoms with van der Waals surface area (Å²) in [5.41, 5.74) is 2.01. The van der Waals surface area contributed by atoms with E-state index in [2.05, 4.69) is 10.3 Å². The molecule has 0 atom stereocenters. The molecule has 4 nitrogen and oxygen atoms in total. The monoisotopic (exact) mass is 179 g/mol. The quantitative estimate of drug-likeness (QED) is 0.752. The lowest BCUT2D eigenvalue weighted by atomic mass is 10.2. The smallest absolute Gasteiger partial charge is 0.112 e. The van der Waals surface area contributed by atoms with Crippen LogP contribution in [0.15, 0.2) is 0 Å². The highest BCUT2D eigenvalue weighted by Gasteiger charge is 2.36. The van der Waals surface area contributed by atoms with Crippen LogP contribution in [0.5, 0.6) is 0 Å². The molecule has 13 heavy (non-hydrogen) atoms. The molecule has 1 N–H and O–H groups in total. The predicted molar refractivity (Wildman–Crippen MR) is 46.2 cm³/mol. The number of aliphatic hydroxyl groups is 1. The van der Waals surface area contributed by atoms with Crippen LogP contribution in [0.2, 0.25) is 0 Å². The number of nitrogens with zero attached hydrogens (tertiary/aromatic N) is 3. The fourth-order valence-corrected chi connectivity index (χ4v) is 1.81. The summed E-state index contributed by atoms with van der Waals surface area (Å²) in [6.07, 6.45) is 4.95. The molecule has 0 radical (unpaired) electrons. The molecule has 0 amide bonds. The van der Waals surface area contributed by atoms with Gasteiger partial charge < -0.3 is 5.11 Å². The Kier molecular flexibility index (Phi) is 1.47. The Hall–Kier alpha value is -0.900. The summed E-state index contributed by atoms with van der Waals surface area (Å²) in [6.45, 7) is 0.0402. The summed E-state index contributed by atoms with van der Waals surface area (Å²) in [6, 6.07) is 0.586. The first-order valence-electron chi connectivity index (χ1n) is 4.95. The Balaban J connectivity index is 2.01. The van der Waals surface area contributed by atoms with Gasteiger partial charge in [-0.15, -0.1) is 5.10 Å². The van der Waals surface area contributed by atoms with Crippen LogP contribution in [0.3, 0.4) is 0 Å². The molecule has 0 unspecified atom stereocenters. The van der Waals surface area contributed by atoms with Gasteiger partial charge in [0.05, 0.1) is 18.3 Å². The standard InChI is InChI=1S/C9H13N3O/c13-5-8-9(6-1-2-6)12(11-10-8)7-3-4-7/h6-7,13H,1-5H2. The van der Waals surface area contributed by atoms with Gasteiger partial charge in [0.2, 0.25) is 0 Å². The van der Waals surface area contributed by atoms with E-state index in [0.29, 0.717) is 12.0 Å². The molecule has 1 aromatic heterocycles. The molecule has 0 spiro atoms. The van der Waals surface area contributed by atoms with Crippen molar-refractivity contribution < 1.29 is 5.11 Å². The Labute approximate surface area is 76.6 Å². The van der Waals surface area contributed by atoms with E-state index in [1.54, 1.807) is 0 Å². The van der Waals surface area contributed by atoms with Crippen LogP contribution in [0, 0.1) is 0 Å². The third-order valence-corrected chi connectivity index (χ3v) is 2.81. The van der Waals surface area contributed by atoms with Gasteiger partial charge in [0.15, 0.2) is 0 Å². The molecule has 2 saturated carbocycles. The number of hydrogen-bond acceptors (Lipinski definition) is 3. The van der Waals surface area contributed by atoms with E-state index in [1.807, 2.05) is 4.68 Å². The molecule has 2 aliphatic rings. The maximum absolute atomic E-state index is 9.09. The lowest BCUT2D eigenvalue weighted by Gasteiger charge is -2.03. The highest BCUT2D eigenvalue weighted by molar-refractivity contribution is 5.21. The highest BCUT2D eigenvalue weighted by atomic mass is 16.3. The summed E-state index contributed by atoms with van der Waals surface area (Å²) in [7, 11) is 0. The maximum atomic E-state index is 9.09. The third kappa shape index (κ3) is 1.16. The zero-order valence-electron chi connectivity index (χ0n) is 7.48. The largest absolute Gasteiger partial charge is 0.390 e. The summed E-state index contributed by atoms with van der Waals surface area (Å²) >= 11 is 0. The predicted octanol–water partition coefficient (Wildman–Crippen LogP) is 0.983. The van der Waals surface area contributed by atoms with Crippen molar-refractivity contribution in [2.24, 2.45) is 0 Å². The second-order valence-electron chi connectivity index (χ2n) is 4.03. The minimum Gasteiger partial charge on any atom is -0.390 e. The van der Waals surface area contributed by atoms with Crippen LogP contribution < -0.4 is 0 Å². The number of hydrogen-bond donors (Lipinski definition) is 1. The fourth-order valence-electron chi connectivity index (χ4n) is 1.81.